The maximum Gasteiger partial charge on any atom is 0.338 e. The number of non-ortho nitro benzene ring substituents is 1. The molecule has 0 aliphatic heterocycles. The highest BCUT2D eigenvalue weighted by atomic mass is 16.6. The van der Waals surface area contributed by atoms with E-state index in [1.54, 1.807) is 0 Å². The van der Waals surface area contributed by atoms with Crippen molar-refractivity contribution < 1.29 is 58.4 Å². The van der Waals surface area contributed by atoms with Gasteiger partial charge in [-0.15, -0.1) is 0 Å². The number of hydrogen-bond donors (Lipinski definition) is 15. The molecule has 23 N–H and O–H groups in total. The highest BCUT2D eigenvalue weighted by Crippen LogP contribution is 2.38. The lowest BCUT2D eigenvalue weighted by Crippen LogP contribution is -2.58. The Kier molecular flexibility index (Phi) is 20.1. The van der Waals surface area contributed by atoms with Crippen LogP contribution in [0.1, 0.15) is 34.5 Å². The molecule has 6 unspecified atom stereocenters. The number of ether oxygens (including phenoxy) is 1. The van der Waals surface area contributed by atoms with Crippen LogP contribution in [0, 0.1) is 20.2 Å². The number of guanidine groups is 3. The first kappa shape index (κ1) is 56.9. The van der Waals surface area contributed by atoms with Crippen LogP contribution in [0.25, 0.3) is 0 Å². The highest BCUT2D eigenvalue weighted by Gasteiger charge is 2.39. The van der Waals surface area contributed by atoms with Crippen molar-refractivity contribution in [3.63, 3.8) is 0 Å². The first-order valence-electron chi connectivity index (χ1n) is 20.4. The van der Waals surface area contributed by atoms with Gasteiger partial charge >= 0.3 is 5.97 Å². The normalized spacial score (nSPS) is 13.3. The van der Waals surface area contributed by atoms with Crippen molar-refractivity contribution >= 4 is 82.2 Å². The maximum absolute atomic E-state index is 14.5. The monoisotopic (exact) mass is 1020 g/mol. The van der Waals surface area contributed by atoms with Crippen LogP contribution in [0.15, 0.2) is 86.7 Å². The number of hydrogen-bond acceptors (Lipinski definition) is 18. The Morgan fingerprint density at radius 3 is 1.56 bits per heavy atom. The van der Waals surface area contributed by atoms with Gasteiger partial charge in [-0.1, -0.05) is 42.5 Å². The topological polar surface area (TPSA) is 576 Å². The number of nitrogens with zero attached hydrogens (tertiary/aromatic N) is 7. The molecule has 34 nitrogen and oxygen atoms in total. The number of carboxylic acid groups (broad SMARTS) is 1. The number of aliphatic imine (C=N–C) groups is 4. The van der Waals surface area contributed by atoms with Gasteiger partial charge in [0.05, 0.1) is 41.0 Å². The van der Waals surface area contributed by atoms with Crippen LogP contribution in [-0.2, 0) is 35.3 Å². The molecule has 0 bridgehead atoms. The van der Waals surface area contributed by atoms with Crippen LogP contribution < -0.4 is 82.1 Å². The van der Waals surface area contributed by atoms with E-state index in [4.69, 9.17) is 50.6 Å². The zero-order chi connectivity index (χ0) is 54.9. The summed E-state index contributed by atoms with van der Waals surface area (Å²) in [7, 11) is 1.35. The second kappa shape index (κ2) is 25.8. The quantitative estimate of drug-likeness (QED) is 0.0162. The molecule has 73 heavy (non-hydrogen) atoms. The summed E-state index contributed by atoms with van der Waals surface area (Å²) in [6, 6.07) is 9.69. The van der Waals surface area contributed by atoms with Gasteiger partial charge < -0.3 is 92.3 Å². The predicted molar refractivity (Wildman–Crippen MR) is 256 cm³/mol. The third-order valence-electron chi connectivity index (χ3n) is 9.34. The molecule has 0 aromatic heterocycles. The molecule has 34 heteroatoms. The first-order chi connectivity index (χ1) is 34.3. The van der Waals surface area contributed by atoms with Crippen molar-refractivity contribution in [3.8, 4) is 5.75 Å². The fourth-order valence-corrected chi connectivity index (χ4v) is 6.24. The summed E-state index contributed by atoms with van der Waals surface area (Å²) in [5, 5.41) is 56.0. The molecular formula is C39H50N20O14. The summed E-state index contributed by atoms with van der Waals surface area (Å²) in [4.78, 5) is 131. The number of primary amides is 1. The number of nitrogens with one attached hydrogen (secondary N) is 5. The first-order valence-corrected chi connectivity index (χ1v) is 20.4. The van der Waals surface area contributed by atoms with Gasteiger partial charge in [0.1, 0.15) is 23.5 Å². The number of amides is 6. The van der Waals surface area contributed by atoms with Crippen molar-refractivity contribution in [2.45, 2.75) is 50.2 Å². The van der Waals surface area contributed by atoms with Gasteiger partial charge in [0.15, 0.2) is 17.9 Å². The Hall–Kier alpha value is -10.4. The largest absolute Gasteiger partial charge is 0.497 e. The molecule has 3 aromatic carbocycles. The summed E-state index contributed by atoms with van der Waals surface area (Å²) >= 11 is 0. The fourth-order valence-electron chi connectivity index (χ4n) is 6.24. The summed E-state index contributed by atoms with van der Waals surface area (Å²) < 4.78 is 5.17. The number of aromatic carboxylic acids is 1. The maximum atomic E-state index is 14.5. The molecule has 0 radical (unpaired) electrons. The highest BCUT2D eigenvalue weighted by molar-refractivity contribution is 6.02. The van der Waals surface area contributed by atoms with Crippen molar-refractivity contribution in [2.24, 2.45) is 65.8 Å². The van der Waals surface area contributed by atoms with Gasteiger partial charge in [-0.25, -0.2) is 24.8 Å². The number of nitro benzene ring substituents is 2. The molecule has 0 aliphatic carbocycles. The lowest BCUT2D eigenvalue weighted by Gasteiger charge is -2.33. The summed E-state index contributed by atoms with van der Waals surface area (Å²) in [6.45, 7) is -0.664. The second-order valence-corrected chi connectivity index (χ2v) is 14.7. The number of anilines is 1. The van der Waals surface area contributed by atoms with E-state index >= 15 is 0 Å². The average Bonchev–Trinajstić information content (AvgIpc) is 3.31. The van der Waals surface area contributed by atoms with E-state index < -0.39 is 142 Å². The van der Waals surface area contributed by atoms with Crippen molar-refractivity contribution in [1.29, 1.82) is 0 Å². The molecule has 6 atom stereocenters. The minimum atomic E-state index is -2.24. The average molecular weight is 1020 g/mol. The van der Waals surface area contributed by atoms with Gasteiger partial charge in [-0.3, -0.25) is 49.0 Å². The Bertz CT molecular complexity index is 2670. The Morgan fingerprint density at radius 1 is 0.658 bits per heavy atom. The van der Waals surface area contributed by atoms with E-state index in [-0.39, 0.29) is 17.0 Å². The van der Waals surface area contributed by atoms with Crippen molar-refractivity contribution in [2.75, 3.05) is 18.6 Å². The molecule has 0 spiro atoms. The van der Waals surface area contributed by atoms with Crippen LogP contribution in [0.5, 0.6) is 5.75 Å². The van der Waals surface area contributed by atoms with Gasteiger partial charge in [0.2, 0.25) is 36.5 Å². The number of benzene rings is 3. The van der Waals surface area contributed by atoms with E-state index in [2.05, 4.69) is 35.9 Å². The van der Waals surface area contributed by atoms with Gasteiger partial charge in [0.25, 0.3) is 35.0 Å². The lowest BCUT2D eigenvalue weighted by molar-refractivity contribution is -0.393. The predicted octanol–water partition coefficient (Wildman–Crippen LogP) is -6.11. The Balaban J connectivity index is 2.12. The van der Waals surface area contributed by atoms with Crippen molar-refractivity contribution in [3.05, 3.63) is 104 Å². The van der Waals surface area contributed by atoms with Crippen LogP contribution >= 0.6 is 0 Å². The number of amidine groups is 1. The second-order valence-electron chi connectivity index (χ2n) is 14.7. The number of aliphatic hydroxyl groups is 1. The Morgan fingerprint density at radius 2 is 1.14 bits per heavy atom. The molecular weight excluding hydrogens is 973 g/mol. The van der Waals surface area contributed by atoms with E-state index in [1.165, 1.54) is 68.6 Å². The molecule has 3 aromatic rings. The smallest absolute Gasteiger partial charge is 0.338 e. The number of aliphatic hydroxyl groups excluding tert-OH is 1. The van der Waals surface area contributed by atoms with Gasteiger partial charge in [-0.2, -0.15) is 0 Å². The third-order valence-corrected chi connectivity index (χ3v) is 9.34. The number of nitrogens with two attached hydrogens (primary N) is 8. The summed E-state index contributed by atoms with van der Waals surface area (Å²) in [6.07, 6.45) is -8.36. The number of carbonyl (C=O) groups is 7. The van der Waals surface area contributed by atoms with E-state index in [0.717, 1.165) is 4.90 Å². The van der Waals surface area contributed by atoms with Crippen molar-refractivity contribution in [1.82, 2.24) is 26.6 Å². The van der Waals surface area contributed by atoms with E-state index in [1.807, 2.05) is 10.6 Å². The number of rotatable bonds is 25. The fraction of sp³-hybridized carbons (Fsp3) is 0.256. The van der Waals surface area contributed by atoms with Crippen LogP contribution in [-0.4, -0.2) is 130 Å². The molecule has 0 saturated carbocycles. The molecule has 3 rings (SSSR count). The molecule has 6 amide bonds. The minimum absolute atomic E-state index is 0.0422. The zero-order valence-corrected chi connectivity index (χ0v) is 38.3. The SMILES string of the molecule is COc1ccc(CN(c2c(C(=O)O)cc([N+](=O)[O-])cc2[N+](=O)[O-])C(CO)C(=O)NC(C(=O)NC(N=C(N)N)C(=O)NC(N=C(N)N)C(=O)NC(N=C(C)N)C(=O)NC(N=C(N)N)C(N)=O)c2ccccc2)cc1. The van der Waals surface area contributed by atoms with Crippen LogP contribution in [0.3, 0.4) is 0 Å². The van der Waals surface area contributed by atoms with E-state index in [9.17, 15) is 64.0 Å². The Labute approximate surface area is 410 Å². The number of methoxy groups -OCH3 is 1. The zero-order valence-electron chi connectivity index (χ0n) is 38.3. The van der Waals surface area contributed by atoms with Gasteiger partial charge in [0, 0.05) is 12.6 Å². The summed E-state index contributed by atoms with van der Waals surface area (Å²) in [5.41, 5.74) is 39.7. The lowest BCUT2D eigenvalue weighted by atomic mass is 10.0. The van der Waals surface area contributed by atoms with Crippen LogP contribution in [0.4, 0.5) is 17.1 Å². The number of carbonyl (C=O) groups excluding carboxylic acids is 6. The minimum Gasteiger partial charge on any atom is -0.497 e. The van der Waals surface area contributed by atoms with Gasteiger partial charge in [-0.05, 0) is 30.2 Å². The molecule has 0 aliphatic rings. The third kappa shape index (κ3) is 16.4. The van der Waals surface area contributed by atoms with E-state index in [0.29, 0.717) is 17.9 Å². The molecule has 0 fully saturated rings. The summed E-state index contributed by atoms with van der Waals surface area (Å²) in [5.74, 6) is -12.3. The standard InChI is InChI=1S/C39H50N20O14/c1-16(40)48-28(33(64)50-27(26(41)61)54-37(42)43)52-35(66)30(56-39(46)47)53-34(65)29(55-38(44)45)51-32(63)24(18-6-4-3-5-7-18)49-31(62)23(15-60)57(14-17-8-10-20(73-2)11-9-17)25-21(36(67)68)12-19(58(69)70)13-22(25)59(71)72/h3-13,23-24,27-30,60H,14-15H2,1-2H3,(H2,40,48)(H2,41,61)(H,49,62)(H,50,64)(H,51,63)(H,52,66)(H,53,65)(H,67,68)(H4,42,43,54)(H4,44,45,55)(H4,46,47,56). The molecule has 0 saturated heterocycles. The number of nitro groups is 2. The van der Waals surface area contributed by atoms with Crippen LogP contribution in [0.2, 0.25) is 0 Å². The molecule has 0 heterocycles. The number of carboxylic acids is 1. The molecule has 390 valence electrons.